The summed E-state index contributed by atoms with van der Waals surface area (Å²) in [6, 6.07) is 14.3. The molecule has 2 heterocycles. The van der Waals surface area contributed by atoms with Crippen LogP contribution in [0.1, 0.15) is 43.9 Å². The summed E-state index contributed by atoms with van der Waals surface area (Å²) in [7, 11) is -1.93. The van der Waals surface area contributed by atoms with E-state index in [2.05, 4.69) is 29.9 Å². The van der Waals surface area contributed by atoms with Gasteiger partial charge in [0.1, 0.15) is 9.84 Å². The number of H-pyrrole nitrogens is 1. The van der Waals surface area contributed by atoms with Crippen LogP contribution in [0.15, 0.2) is 59.5 Å². The average molecular weight is 510 g/mol. The highest BCUT2D eigenvalue weighted by molar-refractivity contribution is 7.90. The van der Waals surface area contributed by atoms with Gasteiger partial charge in [-0.15, -0.1) is 0 Å². The Morgan fingerprint density at radius 1 is 1.08 bits per heavy atom. The standard InChI is InChI=1S/C27H31N3O5S/c1-6-35-25-14-18(11-12-24(25)34-4)23(16-36(5,32)33)30-26-22(29-27(30)31)13-19(15-28-26)21-10-8-7-9-20(21)17(2)3/h7-15,17,23H,6,16H2,1-5H3,(H,29,31)/t23-/m0/s1. The molecule has 4 rings (SSSR count). The third kappa shape index (κ3) is 5.16. The van der Waals surface area contributed by atoms with Gasteiger partial charge in [0, 0.05) is 18.0 Å². The number of ether oxygens (including phenoxy) is 2. The Balaban J connectivity index is 1.89. The Labute approximate surface area is 210 Å². The summed E-state index contributed by atoms with van der Waals surface area (Å²) >= 11 is 0. The Morgan fingerprint density at radius 3 is 2.50 bits per heavy atom. The highest BCUT2D eigenvalue weighted by Crippen LogP contribution is 2.34. The maximum Gasteiger partial charge on any atom is 0.328 e. The highest BCUT2D eigenvalue weighted by Gasteiger charge is 2.26. The van der Waals surface area contributed by atoms with Crippen LogP contribution in [0.25, 0.3) is 22.3 Å². The molecule has 0 aliphatic rings. The van der Waals surface area contributed by atoms with Crippen molar-refractivity contribution in [2.75, 3.05) is 25.7 Å². The van der Waals surface area contributed by atoms with Crippen molar-refractivity contribution in [2.45, 2.75) is 32.7 Å². The second-order valence-corrected chi connectivity index (χ2v) is 11.3. The van der Waals surface area contributed by atoms with E-state index < -0.39 is 21.6 Å². The fourth-order valence-corrected chi connectivity index (χ4v) is 5.40. The van der Waals surface area contributed by atoms with Crippen LogP contribution < -0.4 is 15.2 Å². The Kier molecular flexibility index (Phi) is 7.21. The number of nitrogens with zero attached hydrogens (tertiary/aromatic N) is 2. The molecule has 2 aromatic carbocycles. The summed E-state index contributed by atoms with van der Waals surface area (Å²) < 4.78 is 37.3. The quantitative estimate of drug-likeness (QED) is 0.355. The summed E-state index contributed by atoms with van der Waals surface area (Å²) in [6.07, 6.45) is 2.88. The number of benzene rings is 2. The van der Waals surface area contributed by atoms with Crippen LogP contribution in [-0.2, 0) is 9.84 Å². The fourth-order valence-electron chi connectivity index (χ4n) is 4.49. The van der Waals surface area contributed by atoms with Gasteiger partial charge in [0.15, 0.2) is 17.1 Å². The van der Waals surface area contributed by atoms with Crippen molar-refractivity contribution in [3.05, 3.63) is 76.3 Å². The van der Waals surface area contributed by atoms with Gasteiger partial charge >= 0.3 is 5.69 Å². The fraction of sp³-hybridized carbons (Fsp3) is 0.333. The number of rotatable bonds is 9. The molecule has 8 nitrogen and oxygen atoms in total. The second kappa shape index (κ2) is 10.2. The molecule has 0 saturated carbocycles. The van der Waals surface area contributed by atoms with E-state index in [0.29, 0.717) is 40.8 Å². The van der Waals surface area contributed by atoms with Gasteiger partial charge in [-0.2, -0.15) is 0 Å². The maximum absolute atomic E-state index is 13.2. The van der Waals surface area contributed by atoms with Crippen molar-refractivity contribution < 1.29 is 17.9 Å². The Bertz CT molecular complexity index is 1550. The van der Waals surface area contributed by atoms with Crippen LogP contribution in [0, 0.1) is 0 Å². The van der Waals surface area contributed by atoms with Crippen LogP contribution >= 0.6 is 0 Å². The van der Waals surface area contributed by atoms with Crippen LogP contribution in [0.3, 0.4) is 0 Å². The lowest BCUT2D eigenvalue weighted by molar-refractivity contribution is 0.310. The molecule has 4 aromatic rings. The first-order chi connectivity index (χ1) is 17.1. The lowest BCUT2D eigenvalue weighted by Gasteiger charge is -2.20. The van der Waals surface area contributed by atoms with Gasteiger partial charge in [-0.05, 0) is 47.7 Å². The van der Waals surface area contributed by atoms with Crippen molar-refractivity contribution in [1.82, 2.24) is 14.5 Å². The minimum Gasteiger partial charge on any atom is -0.493 e. The molecule has 0 amide bonds. The van der Waals surface area contributed by atoms with Gasteiger partial charge in [-0.3, -0.25) is 4.57 Å². The number of imidazole rings is 1. The summed E-state index contributed by atoms with van der Waals surface area (Å²) in [5.74, 6) is 1.03. The van der Waals surface area contributed by atoms with Crippen LogP contribution in [0.5, 0.6) is 11.5 Å². The van der Waals surface area contributed by atoms with Crippen molar-refractivity contribution in [3.63, 3.8) is 0 Å². The molecule has 9 heteroatoms. The zero-order chi connectivity index (χ0) is 26.0. The summed E-state index contributed by atoms with van der Waals surface area (Å²) in [5, 5.41) is 0. The molecule has 0 aliphatic heterocycles. The SMILES string of the molecule is CCOc1cc([C@H](CS(C)(=O)=O)n2c(=O)[nH]c3cc(-c4ccccc4C(C)C)cnc32)ccc1OC. The second-order valence-electron chi connectivity index (χ2n) is 9.09. The monoisotopic (exact) mass is 509 g/mol. The zero-order valence-corrected chi connectivity index (χ0v) is 21.9. The first-order valence-corrected chi connectivity index (χ1v) is 13.9. The van der Waals surface area contributed by atoms with E-state index >= 15 is 0 Å². The van der Waals surface area contributed by atoms with E-state index in [1.165, 1.54) is 17.2 Å². The molecule has 2 aromatic heterocycles. The molecular weight excluding hydrogens is 478 g/mol. The molecule has 36 heavy (non-hydrogen) atoms. The zero-order valence-electron chi connectivity index (χ0n) is 21.1. The lowest BCUT2D eigenvalue weighted by Crippen LogP contribution is -2.28. The Hall–Kier alpha value is -3.59. The number of methoxy groups -OCH3 is 1. The van der Waals surface area contributed by atoms with Gasteiger partial charge in [-0.1, -0.05) is 44.2 Å². The lowest BCUT2D eigenvalue weighted by atomic mass is 9.93. The molecule has 0 spiro atoms. The van der Waals surface area contributed by atoms with Crippen molar-refractivity contribution >= 4 is 21.0 Å². The van der Waals surface area contributed by atoms with Crippen molar-refractivity contribution in [3.8, 4) is 22.6 Å². The van der Waals surface area contributed by atoms with Crippen LogP contribution in [0.2, 0.25) is 0 Å². The molecular formula is C27H31N3O5S. The van der Waals surface area contributed by atoms with E-state index in [1.807, 2.05) is 31.2 Å². The summed E-state index contributed by atoms with van der Waals surface area (Å²) in [4.78, 5) is 20.7. The summed E-state index contributed by atoms with van der Waals surface area (Å²) in [5.41, 5.74) is 4.18. The maximum atomic E-state index is 13.2. The van der Waals surface area contributed by atoms with Crippen LogP contribution in [-0.4, -0.2) is 48.7 Å². The van der Waals surface area contributed by atoms with Gasteiger partial charge < -0.3 is 14.5 Å². The average Bonchev–Trinajstić information content (AvgIpc) is 3.16. The third-order valence-corrected chi connectivity index (χ3v) is 7.01. The van der Waals surface area contributed by atoms with Crippen LogP contribution in [0.4, 0.5) is 0 Å². The number of nitrogens with one attached hydrogen (secondary N) is 1. The van der Waals surface area contributed by atoms with Crippen molar-refractivity contribution in [1.29, 1.82) is 0 Å². The number of pyridine rings is 1. The van der Waals surface area contributed by atoms with E-state index in [4.69, 9.17) is 9.47 Å². The molecule has 190 valence electrons. The molecule has 1 N–H and O–H groups in total. The minimum absolute atomic E-state index is 0.280. The Morgan fingerprint density at radius 2 is 1.83 bits per heavy atom. The third-order valence-electron chi connectivity index (χ3n) is 6.09. The van der Waals surface area contributed by atoms with Gasteiger partial charge in [0.05, 0.1) is 31.0 Å². The number of sulfone groups is 1. The number of fused-ring (bicyclic) bond motifs is 1. The van der Waals surface area contributed by atoms with Crippen molar-refractivity contribution in [2.24, 2.45) is 0 Å². The topological polar surface area (TPSA) is 103 Å². The highest BCUT2D eigenvalue weighted by atomic mass is 32.2. The van der Waals surface area contributed by atoms with Gasteiger partial charge in [-0.25, -0.2) is 18.2 Å². The van der Waals surface area contributed by atoms with E-state index in [-0.39, 0.29) is 5.75 Å². The molecule has 0 aliphatic carbocycles. The molecule has 0 bridgehead atoms. The van der Waals surface area contributed by atoms with E-state index in [0.717, 1.165) is 17.4 Å². The summed E-state index contributed by atoms with van der Waals surface area (Å²) in [6.45, 7) is 6.52. The van der Waals surface area contributed by atoms with Gasteiger partial charge in [0.2, 0.25) is 0 Å². The first kappa shape index (κ1) is 25.5. The normalized spacial score (nSPS) is 12.7. The minimum atomic E-state index is -3.46. The molecule has 1 atom stereocenters. The van der Waals surface area contributed by atoms with E-state index in [1.54, 1.807) is 24.4 Å². The predicted octanol–water partition coefficient (Wildman–Crippen LogP) is 4.56. The molecule has 0 unspecified atom stereocenters. The number of hydrogen-bond acceptors (Lipinski definition) is 6. The first-order valence-electron chi connectivity index (χ1n) is 11.8. The van der Waals surface area contributed by atoms with E-state index in [9.17, 15) is 13.2 Å². The molecule has 0 radical (unpaired) electrons. The molecule has 0 saturated heterocycles. The van der Waals surface area contributed by atoms with Gasteiger partial charge in [0.25, 0.3) is 0 Å². The number of aromatic nitrogens is 3. The predicted molar refractivity (Wildman–Crippen MR) is 142 cm³/mol. The number of aromatic amines is 1. The largest absolute Gasteiger partial charge is 0.493 e. The number of hydrogen-bond donors (Lipinski definition) is 1. The smallest absolute Gasteiger partial charge is 0.328 e. The molecule has 0 fully saturated rings.